The highest BCUT2D eigenvalue weighted by molar-refractivity contribution is 6.01. The fourth-order valence-electron chi connectivity index (χ4n) is 1.58. The topological polar surface area (TPSA) is 57.3 Å². The summed E-state index contributed by atoms with van der Waals surface area (Å²) in [6, 6.07) is 12.8. The maximum absolute atomic E-state index is 12.0. The Labute approximate surface area is 112 Å². The molecule has 2 rings (SSSR count). The number of aromatic nitrogens is 1. The summed E-state index contributed by atoms with van der Waals surface area (Å²) in [4.78, 5) is 17.7. The first-order valence-corrected chi connectivity index (χ1v) is 5.94. The molecule has 0 saturated carbocycles. The Kier molecular flexibility index (Phi) is 3.97. The normalized spacial score (nSPS) is 9.79. The summed E-state index contributed by atoms with van der Waals surface area (Å²) in [6.45, 7) is 0. The molecule has 0 fully saturated rings. The molecule has 0 radical (unpaired) electrons. The second kappa shape index (κ2) is 5.86. The van der Waals surface area contributed by atoms with Crippen molar-refractivity contribution < 1.29 is 4.79 Å². The quantitative estimate of drug-likeness (QED) is 0.887. The Balaban J connectivity index is 2.06. The number of benzene rings is 1. The number of nitrogens with one attached hydrogen (secondary N) is 2. The fraction of sp³-hybridized carbons (Fsp3) is 0.143. The number of carbonyl (C=O) groups excluding carboxylic acids is 1. The smallest absolute Gasteiger partial charge is 0.326 e. The van der Waals surface area contributed by atoms with Crippen LogP contribution in [0, 0.1) is 0 Å². The first-order chi connectivity index (χ1) is 9.20. The minimum absolute atomic E-state index is 0.204. The first-order valence-electron chi connectivity index (χ1n) is 5.94. The molecular weight excluding hydrogens is 240 g/mol. The number of para-hydroxylation sites is 1. The van der Waals surface area contributed by atoms with Gasteiger partial charge in [-0.2, -0.15) is 0 Å². The van der Waals surface area contributed by atoms with Crippen molar-refractivity contribution in [1.29, 1.82) is 0 Å². The number of urea groups is 1. The van der Waals surface area contributed by atoms with Crippen LogP contribution in [0.15, 0.2) is 48.7 Å². The summed E-state index contributed by atoms with van der Waals surface area (Å²) in [5.41, 5.74) is 1.49. The number of rotatable bonds is 3. The highest BCUT2D eigenvalue weighted by atomic mass is 16.2. The zero-order valence-corrected chi connectivity index (χ0v) is 10.9. The monoisotopic (exact) mass is 256 g/mol. The van der Waals surface area contributed by atoms with Crippen LogP contribution >= 0.6 is 0 Å². The van der Waals surface area contributed by atoms with Crippen LogP contribution in [0.25, 0.3) is 0 Å². The van der Waals surface area contributed by atoms with E-state index in [0.29, 0.717) is 0 Å². The van der Waals surface area contributed by atoms with Gasteiger partial charge in [0.25, 0.3) is 0 Å². The van der Waals surface area contributed by atoms with Gasteiger partial charge >= 0.3 is 6.03 Å². The van der Waals surface area contributed by atoms with E-state index in [-0.39, 0.29) is 6.03 Å². The standard InChI is InChI=1S/C14H16N4O/c1-15-13-9-8-12(10-16-13)18(2)14(19)17-11-6-4-3-5-7-11/h3-10H,1-2H3,(H,15,16)(H,17,19). The molecule has 98 valence electrons. The fourth-order valence-corrected chi connectivity index (χ4v) is 1.58. The van der Waals surface area contributed by atoms with Crippen molar-refractivity contribution in [3.05, 3.63) is 48.7 Å². The minimum Gasteiger partial charge on any atom is -0.373 e. The number of pyridine rings is 1. The average Bonchev–Trinajstić information content (AvgIpc) is 2.47. The van der Waals surface area contributed by atoms with Crippen molar-refractivity contribution >= 4 is 23.2 Å². The molecule has 0 aliphatic carbocycles. The van der Waals surface area contributed by atoms with E-state index in [0.717, 1.165) is 17.2 Å². The summed E-state index contributed by atoms with van der Waals surface area (Å²) >= 11 is 0. The van der Waals surface area contributed by atoms with Crippen LogP contribution < -0.4 is 15.5 Å². The number of anilines is 3. The van der Waals surface area contributed by atoms with Gasteiger partial charge in [0.05, 0.1) is 11.9 Å². The van der Waals surface area contributed by atoms with Crippen molar-refractivity contribution in [3.63, 3.8) is 0 Å². The number of hydrogen-bond donors (Lipinski definition) is 2. The van der Waals surface area contributed by atoms with Crippen molar-refractivity contribution in [2.24, 2.45) is 0 Å². The molecule has 1 aromatic carbocycles. The zero-order chi connectivity index (χ0) is 13.7. The van der Waals surface area contributed by atoms with Gasteiger partial charge in [0.15, 0.2) is 0 Å². The van der Waals surface area contributed by atoms with Gasteiger partial charge in [0.1, 0.15) is 5.82 Å². The van der Waals surface area contributed by atoms with Gasteiger partial charge in [-0.15, -0.1) is 0 Å². The number of amides is 2. The highest BCUT2D eigenvalue weighted by Crippen LogP contribution is 2.15. The van der Waals surface area contributed by atoms with Gasteiger partial charge in [0, 0.05) is 19.8 Å². The molecule has 2 amide bonds. The molecule has 5 heteroatoms. The summed E-state index contributed by atoms with van der Waals surface area (Å²) in [5, 5.41) is 5.74. The summed E-state index contributed by atoms with van der Waals surface area (Å²) in [7, 11) is 3.50. The Morgan fingerprint density at radius 3 is 2.47 bits per heavy atom. The lowest BCUT2D eigenvalue weighted by Crippen LogP contribution is -2.31. The van der Waals surface area contributed by atoms with E-state index in [1.54, 1.807) is 20.3 Å². The summed E-state index contributed by atoms with van der Waals surface area (Å²) < 4.78 is 0. The van der Waals surface area contributed by atoms with Gasteiger partial charge in [-0.25, -0.2) is 9.78 Å². The van der Waals surface area contributed by atoms with E-state index >= 15 is 0 Å². The van der Waals surface area contributed by atoms with Gasteiger partial charge in [0.2, 0.25) is 0 Å². The van der Waals surface area contributed by atoms with Crippen LogP contribution in [-0.2, 0) is 0 Å². The Morgan fingerprint density at radius 2 is 1.89 bits per heavy atom. The van der Waals surface area contributed by atoms with E-state index in [1.165, 1.54) is 4.90 Å². The van der Waals surface area contributed by atoms with E-state index in [1.807, 2.05) is 42.5 Å². The largest absolute Gasteiger partial charge is 0.373 e. The third kappa shape index (κ3) is 3.22. The van der Waals surface area contributed by atoms with Crippen molar-refractivity contribution in [1.82, 2.24) is 4.98 Å². The average molecular weight is 256 g/mol. The Bertz CT molecular complexity index is 539. The number of hydrogen-bond acceptors (Lipinski definition) is 3. The Hall–Kier alpha value is -2.56. The van der Waals surface area contributed by atoms with Crippen LogP contribution in [0.3, 0.4) is 0 Å². The van der Waals surface area contributed by atoms with Crippen LogP contribution in [0.1, 0.15) is 0 Å². The Morgan fingerprint density at radius 1 is 1.16 bits per heavy atom. The van der Waals surface area contributed by atoms with E-state index in [4.69, 9.17) is 0 Å². The SMILES string of the molecule is CNc1ccc(N(C)C(=O)Nc2ccccc2)cn1. The molecule has 0 unspecified atom stereocenters. The molecule has 0 bridgehead atoms. The summed E-state index contributed by atoms with van der Waals surface area (Å²) in [5.74, 6) is 0.764. The molecule has 0 atom stereocenters. The molecule has 0 aliphatic rings. The lowest BCUT2D eigenvalue weighted by Gasteiger charge is -2.18. The molecule has 0 aliphatic heterocycles. The van der Waals surface area contributed by atoms with Gasteiger partial charge in [-0.05, 0) is 24.3 Å². The maximum Gasteiger partial charge on any atom is 0.326 e. The molecule has 2 N–H and O–H groups in total. The molecular formula is C14H16N4O. The third-order valence-electron chi connectivity index (χ3n) is 2.72. The molecule has 2 aromatic rings. The van der Waals surface area contributed by atoms with E-state index < -0.39 is 0 Å². The molecule has 0 saturated heterocycles. The maximum atomic E-state index is 12.0. The second-order valence-corrected chi connectivity index (χ2v) is 4.01. The number of nitrogens with zero attached hydrogens (tertiary/aromatic N) is 2. The molecule has 0 spiro atoms. The van der Waals surface area contributed by atoms with E-state index in [2.05, 4.69) is 15.6 Å². The van der Waals surface area contributed by atoms with Gasteiger partial charge in [-0.1, -0.05) is 18.2 Å². The van der Waals surface area contributed by atoms with Gasteiger partial charge in [-0.3, -0.25) is 4.90 Å². The lowest BCUT2D eigenvalue weighted by atomic mass is 10.3. The van der Waals surface area contributed by atoms with Crippen molar-refractivity contribution in [2.45, 2.75) is 0 Å². The highest BCUT2D eigenvalue weighted by Gasteiger charge is 2.10. The van der Waals surface area contributed by atoms with Crippen molar-refractivity contribution in [2.75, 3.05) is 29.6 Å². The number of carbonyl (C=O) groups is 1. The van der Waals surface area contributed by atoms with Crippen LogP contribution in [0.2, 0.25) is 0 Å². The molecule has 5 nitrogen and oxygen atoms in total. The predicted octanol–water partition coefficient (Wildman–Crippen LogP) is 2.79. The molecule has 19 heavy (non-hydrogen) atoms. The van der Waals surface area contributed by atoms with Crippen molar-refractivity contribution in [3.8, 4) is 0 Å². The molecule has 1 heterocycles. The minimum atomic E-state index is -0.204. The predicted molar refractivity (Wildman–Crippen MR) is 77.6 cm³/mol. The van der Waals surface area contributed by atoms with Crippen LogP contribution in [-0.4, -0.2) is 25.1 Å². The van der Waals surface area contributed by atoms with Crippen LogP contribution in [0.4, 0.5) is 22.0 Å². The zero-order valence-electron chi connectivity index (χ0n) is 10.9. The third-order valence-corrected chi connectivity index (χ3v) is 2.72. The van der Waals surface area contributed by atoms with Crippen LogP contribution in [0.5, 0.6) is 0 Å². The first kappa shape index (κ1) is 12.9. The molecule has 1 aromatic heterocycles. The van der Waals surface area contributed by atoms with Gasteiger partial charge < -0.3 is 10.6 Å². The summed E-state index contributed by atoms with van der Waals surface area (Å²) in [6.07, 6.45) is 1.65. The lowest BCUT2D eigenvalue weighted by molar-refractivity contribution is 0.258. The second-order valence-electron chi connectivity index (χ2n) is 4.01. The van der Waals surface area contributed by atoms with E-state index in [9.17, 15) is 4.79 Å².